The van der Waals surface area contributed by atoms with Crippen LogP contribution in [0.3, 0.4) is 0 Å². The van der Waals surface area contributed by atoms with Crippen LogP contribution >= 0.6 is 0 Å². The van der Waals surface area contributed by atoms with E-state index < -0.39 is 0 Å². The zero-order chi connectivity index (χ0) is 17.4. The van der Waals surface area contributed by atoms with Crippen molar-refractivity contribution in [2.75, 3.05) is 0 Å². The molecule has 0 spiro atoms. The van der Waals surface area contributed by atoms with Crippen molar-refractivity contribution in [2.24, 2.45) is 0 Å². The maximum atomic E-state index is 6.14. The number of aromatic nitrogens is 1. The lowest BCUT2D eigenvalue weighted by molar-refractivity contribution is -0.669. The van der Waals surface area contributed by atoms with Crippen molar-refractivity contribution in [3.63, 3.8) is 0 Å². The summed E-state index contributed by atoms with van der Waals surface area (Å²) in [5, 5.41) is 3.73. The highest BCUT2D eigenvalue weighted by Gasteiger charge is 2.36. The van der Waals surface area contributed by atoms with Crippen molar-refractivity contribution < 1.29 is 8.98 Å². The number of nitrogens with zero attached hydrogens (tertiary/aromatic N) is 1. The first-order chi connectivity index (χ1) is 12.7. The minimum atomic E-state index is 0.309. The monoisotopic (exact) mass is 336 g/mol. The lowest BCUT2D eigenvalue weighted by atomic mass is 10.00. The fraction of sp³-hybridized carbons (Fsp3) is 0.125. The van der Waals surface area contributed by atoms with Crippen LogP contribution in [-0.2, 0) is 0 Å². The Balaban J connectivity index is 1.74. The number of furan rings is 1. The molecule has 0 bridgehead atoms. The van der Waals surface area contributed by atoms with Gasteiger partial charge in [-0.15, -0.1) is 0 Å². The summed E-state index contributed by atoms with van der Waals surface area (Å²) in [5.74, 6) is 0. The van der Waals surface area contributed by atoms with Crippen molar-refractivity contribution in [1.29, 1.82) is 0 Å². The fourth-order valence-corrected chi connectivity index (χ4v) is 4.62. The van der Waals surface area contributed by atoms with Gasteiger partial charge >= 0.3 is 0 Å². The summed E-state index contributed by atoms with van der Waals surface area (Å²) in [6.07, 6.45) is 0. The molecule has 1 aliphatic rings. The molecule has 26 heavy (non-hydrogen) atoms. The highest BCUT2D eigenvalue weighted by molar-refractivity contribution is 6.06. The van der Waals surface area contributed by atoms with Gasteiger partial charge in [-0.2, -0.15) is 4.57 Å². The van der Waals surface area contributed by atoms with Gasteiger partial charge in [0.25, 0.3) is 0 Å². The molecule has 0 aliphatic carbocycles. The molecule has 5 aromatic rings. The van der Waals surface area contributed by atoms with Gasteiger partial charge in [-0.25, -0.2) is 0 Å². The summed E-state index contributed by atoms with van der Waals surface area (Å²) in [5.41, 5.74) is 8.49. The van der Waals surface area contributed by atoms with E-state index >= 15 is 0 Å². The number of aryl methyl sites for hydroxylation is 1. The quantitative estimate of drug-likeness (QED) is 0.321. The van der Waals surface area contributed by atoms with E-state index in [0.717, 1.165) is 11.2 Å². The van der Waals surface area contributed by atoms with Crippen LogP contribution < -0.4 is 4.57 Å². The van der Waals surface area contributed by atoms with Crippen LogP contribution in [0.15, 0.2) is 71.1 Å². The third-order valence-corrected chi connectivity index (χ3v) is 5.86. The molecule has 3 aromatic carbocycles. The Hall–Kier alpha value is -3.13. The molecule has 0 amide bonds. The van der Waals surface area contributed by atoms with Crippen molar-refractivity contribution in [3.05, 3.63) is 77.9 Å². The van der Waals surface area contributed by atoms with Gasteiger partial charge in [0, 0.05) is 40.8 Å². The SMILES string of the molecule is Cc1cc2[n+](c3ccccc13)C(C)c1cc3c(cc1-2)oc1ccccc13. The minimum absolute atomic E-state index is 0.309. The standard InChI is InChI=1S/C24H18NO/c1-14-11-22-19-13-24-20(17-8-4-6-10-23(17)26-24)12-18(19)15(2)25(22)21-9-5-3-7-16(14)21/h3-13,15H,1-2H3/q+1. The first-order valence-electron chi connectivity index (χ1n) is 9.12. The number of hydrogen-bond acceptors (Lipinski definition) is 1. The van der Waals surface area contributed by atoms with Gasteiger partial charge in [0.05, 0.1) is 5.56 Å². The molecule has 1 aliphatic heterocycles. The van der Waals surface area contributed by atoms with Crippen LogP contribution in [0.25, 0.3) is 44.1 Å². The fourth-order valence-electron chi connectivity index (χ4n) is 4.62. The normalized spacial score (nSPS) is 15.7. The Morgan fingerprint density at radius 2 is 1.58 bits per heavy atom. The first-order valence-corrected chi connectivity index (χ1v) is 9.12. The summed E-state index contributed by atoms with van der Waals surface area (Å²) in [7, 11) is 0. The van der Waals surface area contributed by atoms with Gasteiger partial charge in [-0.05, 0) is 36.8 Å². The molecule has 0 saturated heterocycles. The van der Waals surface area contributed by atoms with E-state index in [1.807, 2.05) is 12.1 Å². The molecule has 124 valence electrons. The van der Waals surface area contributed by atoms with Gasteiger partial charge in [0.2, 0.25) is 11.2 Å². The number of benzene rings is 3. The Bertz CT molecular complexity index is 1360. The Morgan fingerprint density at radius 1 is 0.808 bits per heavy atom. The van der Waals surface area contributed by atoms with Gasteiger partial charge < -0.3 is 4.42 Å². The Kier molecular flexibility index (Phi) is 2.56. The molecule has 2 nitrogen and oxygen atoms in total. The zero-order valence-electron chi connectivity index (χ0n) is 14.8. The number of fused-ring (bicyclic) bond motifs is 8. The zero-order valence-corrected chi connectivity index (χ0v) is 14.8. The smallest absolute Gasteiger partial charge is 0.214 e. The van der Waals surface area contributed by atoms with Crippen LogP contribution in [0, 0.1) is 6.92 Å². The molecule has 1 atom stereocenters. The summed E-state index contributed by atoms with van der Waals surface area (Å²) in [6, 6.07) is 24.2. The molecule has 0 N–H and O–H groups in total. The van der Waals surface area contributed by atoms with E-state index in [0.29, 0.717) is 6.04 Å². The van der Waals surface area contributed by atoms with Gasteiger partial charge in [-0.3, -0.25) is 0 Å². The molecule has 0 saturated carbocycles. The van der Waals surface area contributed by atoms with Crippen molar-refractivity contribution in [1.82, 2.24) is 0 Å². The van der Waals surface area contributed by atoms with E-state index in [1.165, 1.54) is 44.1 Å². The van der Waals surface area contributed by atoms with Crippen LogP contribution in [0.1, 0.15) is 24.1 Å². The highest BCUT2D eigenvalue weighted by atomic mass is 16.3. The molecule has 6 rings (SSSR count). The van der Waals surface area contributed by atoms with Gasteiger partial charge in [0.1, 0.15) is 11.2 Å². The largest absolute Gasteiger partial charge is 0.456 e. The van der Waals surface area contributed by atoms with E-state index in [9.17, 15) is 0 Å². The molecule has 0 radical (unpaired) electrons. The number of para-hydroxylation sites is 2. The van der Waals surface area contributed by atoms with Crippen LogP contribution in [0.5, 0.6) is 0 Å². The summed E-state index contributed by atoms with van der Waals surface area (Å²) in [6.45, 7) is 4.50. The first kappa shape index (κ1) is 14.1. The van der Waals surface area contributed by atoms with Gasteiger partial charge in [0.15, 0.2) is 6.04 Å². The summed E-state index contributed by atoms with van der Waals surface area (Å²) in [4.78, 5) is 0. The average molecular weight is 336 g/mol. The maximum absolute atomic E-state index is 6.14. The number of hydrogen-bond donors (Lipinski definition) is 0. The summed E-state index contributed by atoms with van der Waals surface area (Å²) < 4.78 is 8.60. The second-order valence-electron chi connectivity index (χ2n) is 7.31. The lowest BCUT2D eigenvalue weighted by Crippen LogP contribution is -2.37. The second kappa shape index (κ2) is 4.73. The van der Waals surface area contributed by atoms with E-state index in [-0.39, 0.29) is 0 Å². The predicted molar refractivity (Wildman–Crippen MR) is 105 cm³/mol. The Labute approximate surface area is 151 Å². The minimum Gasteiger partial charge on any atom is -0.456 e. The van der Waals surface area contributed by atoms with Crippen molar-refractivity contribution in [2.45, 2.75) is 19.9 Å². The van der Waals surface area contributed by atoms with Crippen molar-refractivity contribution in [3.8, 4) is 11.3 Å². The molecule has 3 heterocycles. The third kappa shape index (κ3) is 1.64. The molecule has 2 aromatic heterocycles. The lowest BCUT2D eigenvalue weighted by Gasteiger charge is -2.06. The average Bonchev–Trinajstić information content (AvgIpc) is 3.16. The van der Waals surface area contributed by atoms with Crippen LogP contribution in [0.4, 0.5) is 0 Å². The molecule has 0 fully saturated rings. The van der Waals surface area contributed by atoms with Crippen molar-refractivity contribution >= 4 is 32.8 Å². The van der Waals surface area contributed by atoms with Gasteiger partial charge in [-0.1, -0.05) is 30.3 Å². The molecule has 2 heteroatoms. The predicted octanol–water partition coefficient (Wildman–Crippen LogP) is 5.92. The highest BCUT2D eigenvalue weighted by Crippen LogP contribution is 2.41. The number of rotatable bonds is 0. The molecular weight excluding hydrogens is 318 g/mol. The van der Waals surface area contributed by atoms with Crippen LogP contribution in [0.2, 0.25) is 0 Å². The third-order valence-electron chi connectivity index (χ3n) is 5.86. The van der Waals surface area contributed by atoms with Crippen LogP contribution in [-0.4, -0.2) is 0 Å². The molecular formula is C24H18NO+. The topological polar surface area (TPSA) is 17.0 Å². The maximum Gasteiger partial charge on any atom is 0.214 e. The van der Waals surface area contributed by atoms with E-state index in [1.54, 1.807) is 0 Å². The number of pyridine rings is 1. The van der Waals surface area contributed by atoms with E-state index in [2.05, 4.69) is 73.0 Å². The molecule has 1 unspecified atom stereocenters. The van der Waals surface area contributed by atoms with E-state index in [4.69, 9.17) is 4.42 Å². The summed E-state index contributed by atoms with van der Waals surface area (Å²) >= 11 is 0. The second-order valence-corrected chi connectivity index (χ2v) is 7.31. The Morgan fingerprint density at radius 3 is 2.46 bits per heavy atom.